The van der Waals surface area contributed by atoms with E-state index < -0.39 is 0 Å². The number of carbonyl (C=O) groups excluding carboxylic acids is 1. The molecule has 1 saturated carbocycles. The molecule has 1 aromatic carbocycles. The topological polar surface area (TPSA) is 32.3 Å². The molecule has 96 valence electrons. The number of nitrogens with zero attached hydrogens (tertiary/aromatic N) is 1. The molecule has 3 nitrogen and oxygen atoms in total. The zero-order chi connectivity index (χ0) is 12.5. The number of benzene rings is 1. The zero-order valence-electron chi connectivity index (χ0n) is 10.3. The first-order valence-electron chi connectivity index (χ1n) is 6.57. The summed E-state index contributed by atoms with van der Waals surface area (Å²) in [4.78, 5) is 15.4. The second kappa shape index (κ2) is 4.94. The van der Waals surface area contributed by atoms with E-state index in [2.05, 4.69) is 22.8 Å². The fourth-order valence-electron chi connectivity index (χ4n) is 2.61. The molecule has 1 amide bonds. The van der Waals surface area contributed by atoms with Crippen molar-refractivity contribution in [3.05, 3.63) is 29.8 Å². The molecule has 3 rings (SSSR count). The Morgan fingerprint density at radius 2 is 2.06 bits per heavy atom. The summed E-state index contributed by atoms with van der Waals surface area (Å²) in [5.74, 6) is 0.00301. The molecule has 0 spiro atoms. The number of rotatable bonds is 3. The zero-order valence-corrected chi connectivity index (χ0v) is 11.2. The summed E-state index contributed by atoms with van der Waals surface area (Å²) in [6.45, 7) is 2.13. The van der Waals surface area contributed by atoms with Crippen molar-refractivity contribution in [2.24, 2.45) is 0 Å². The van der Waals surface area contributed by atoms with Gasteiger partial charge in [-0.25, -0.2) is 0 Å². The van der Waals surface area contributed by atoms with E-state index in [1.165, 1.54) is 12.8 Å². The molecular weight excluding hydrogens is 244 g/mol. The van der Waals surface area contributed by atoms with Gasteiger partial charge in [0.05, 0.1) is 5.56 Å². The van der Waals surface area contributed by atoms with Crippen LogP contribution in [0.25, 0.3) is 0 Å². The first kappa shape index (κ1) is 12.1. The lowest BCUT2D eigenvalue weighted by Gasteiger charge is -2.16. The fourth-order valence-corrected chi connectivity index (χ4v) is 2.87. The summed E-state index contributed by atoms with van der Waals surface area (Å²) >= 11 is 4.32. The van der Waals surface area contributed by atoms with Crippen LogP contribution < -0.4 is 5.32 Å². The summed E-state index contributed by atoms with van der Waals surface area (Å²) in [5, 5.41) is 3.12. The van der Waals surface area contributed by atoms with Crippen molar-refractivity contribution in [3.63, 3.8) is 0 Å². The second-order valence-corrected chi connectivity index (χ2v) is 5.68. The normalized spacial score (nSPS) is 24.2. The molecule has 1 aromatic rings. The minimum absolute atomic E-state index is 0.00301. The Labute approximate surface area is 113 Å². The average molecular weight is 262 g/mol. The van der Waals surface area contributed by atoms with E-state index in [0.29, 0.717) is 11.6 Å². The van der Waals surface area contributed by atoms with Crippen LogP contribution in [-0.4, -0.2) is 36.0 Å². The third-order valence-corrected chi connectivity index (χ3v) is 4.16. The highest BCUT2D eigenvalue weighted by molar-refractivity contribution is 7.80. The lowest BCUT2D eigenvalue weighted by Crippen LogP contribution is -2.37. The van der Waals surface area contributed by atoms with Crippen molar-refractivity contribution in [2.75, 3.05) is 13.1 Å². The van der Waals surface area contributed by atoms with E-state index in [0.717, 1.165) is 30.4 Å². The maximum absolute atomic E-state index is 12.1. The summed E-state index contributed by atoms with van der Waals surface area (Å²) in [7, 11) is 0. The van der Waals surface area contributed by atoms with Crippen LogP contribution in [0.2, 0.25) is 0 Å². The SMILES string of the molecule is O=C(NC1CCN(C2CC2)C1)c1ccccc1S. The molecule has 0 bridgehead atoms. The first-order valence-corrected chi connectivity index (χ1v) is 7.01. The molecule has 1 saturated heterocycles. The Morgan fingerprint density at radius 1 is 1.28 bits per heavy atom. The monoisotopic (exact) mass is 262 g/mol. The van der Waals surface area contributed by atoms with Gasteiger partial charge in [0.1, 0.15) is 0 Å². The number of carbonyl (C=O) groups is 1. The van der Waals surface area contributed by atoms with Crippen molar-refractivity contribution in [2.45, 2.75) is 36.2 Å². The molecule has 18 heavy (non-hydrogen) atoms. The molecule has 4 heteroatoms. The number of hydrogen-bond donors (Lipinski definition) is 2. The molecule has 1 atom stereocenters. The fraction of sp³-hybridized carbons (Fsp3) is 0.500. The minimum atomic E-state index is 0.00301. The van der Waals surface area contributed by atoms with Crippen LogP contribution in [0.15, 0.2) is 29.2 Å². The van der Waals surface area contributed by atoms with Crippen LogP contribution in [0.3, 0.4) is 0 Å². The molecule has 0 radical (unpaired) electrons. The van der Waals surface area contributed by atoms with Gasteiger partial charge in [0.25, 0.3) is 5.91 Å². The molecule has 1 aliphatic heterocycles. The van der Waals surface area contributed by atoms with Crippen LogP contribution in [-0.2, 0) is 0 Å². The maximum Gasteiger partial charge on any atom is 0.252 e. The average Bonchev–Trinajstić information content (AvgIpc) is 3.11. The van der Waals surface area contributed by atoms with Gasteiger partial charge in [-0.1, -0.05) is 12.1 Å². The van der Waals surface area contributed by atoms with Crippen LogP contribution >= 0.6 is 12.6 Å². The van der Waals surface area contributed by atoms with Gasteiger partial charge >= 0.3 is 0 Å². The largest absolute Gasteiger partial charge is 0.348 e. The summed E-state index contributed by atoms with van der Waals surface area (Å²) in [6.07, 6.45) is 3.73. The first-order chi connectivity index (χ1) is 8.74. The Hall–Kier alpha value is -1.00. The third-order valence-electron chi connectivity index (χ3n) is 3.77. The van der Waals surface area contributed by atoms with E-state index in [1.54, 1.807) is 0 Å². The summed E-state index contributed by atoms with van der Waals surface area (Å²) < 4.78 is 0. The minimum Gasteiger partial charge on any atom is -0.348 e. The van der Waals surface area contributed by atoms with Gasteiger partial charge in [-0.05, 0) is 31.4 Å². The summed E-state index contributed by atoms with van der Waals surface area (Å²) in [5.41, 5.74) is 0.672. The summed E-state index contributed by atoms with van der Waals surface area (Å²) in [6, 6.07) is 8.53. The van der Waals surface area contributed by atoms with Crippen molar-refractivity contribution in [3.8, 4) is 0 Å². The smallest absolute Gasteiger partial charge is 0.252 e. The van der Waals surface area contributed by atoms with Crippen LogP contribution in [0, 0.1) is 0 Å². The van der Waals surface area contributed by atoms with E-state index >= 15 is 0 Å². The Bertz CT molecular complexity index is 459. The standard InChI is InChI=1S/C14H18N2OS/c17-14(12-3-1-2-4-13(12)18)15-10-7-8-16(9-10)11-5-6-11/h1-4,10-11,18H,5-9H2,(H,15,17). The van der Waals surface area contributed by atoms with Gasteiger partial charge in [0.2, 0.25) is 0 Å². The predicted octanol–water partition coefficient (Wildman–Crippen LogP) is 1.94. The van der Waals surface area contributed by atoms with E-state index in [9.17, 15) is 4.79 Å². The van der Waals surface area contributed by atoms with Crippen LogP contribution in [0.5, 0.6) is 0 Å². The Kier molecular flexibility index (Phi) is 3.31. The predicted molar refractivity (Wildman–Crippen MR) is 74.2 cm³/mol. The quantitative estimate of drug-likeness (QED) is 0.816. The highest BCUT2D eigenvalue weighted by Gasteiger charge is 2.34. The van der Waals surface area contributed by atoms with Crippen LogP contribution in [0.4, 0.5) is 0 Å². The van der Waals surface area contributed by atoms with Gasteiger partial charge in [0, 0.05) is 30.1 Å². The highest BCUT2D eigenvalue weighted by Crippen LogP contribution is 2.29. The van der Waals surface area contributed by atoms with E-state index in [-0.39, 0.29) is 5.91 Å². The van der Waals surface area contributed by atoms with Gasteiger partial charge in [-0.2, -0.15) is 0 Å². The number of amides is 1. The lowest BCUT2D eigenvalue weighted by atomic mass is 10.2. The maximum atomic E-state index is 12.1. The number of likely N-dealkylation sites (tertiary alicyclic amines) is 1. The van der Waals surface area contributed by atoms with Gasteiger partial charge in [-0.15, -0.1) is 12.6 Å². The third kappa shape index (κ3) is 2.54. The van der Waals surface area contributed by atoms with Crippen LogP contribution in [0.1, 0.15) is 29.6 Å². The van der Waals surface area contributed by atoms with Gasteiger partial charge < -0.3 is 5.32 Å². The second-order valence-electron chi connectivity index (χ2n) is 5.20. The number of hydrogen-bond acceptors (Lipinski definition) is 3. The molecular formula is C14H18N2OS. The molecule has 1 unspecified atom stereocenters. The number of nitrogens with one attached hydrogen (secondary N) is 1. The van der Waals surface area contributed by atoms with Crippen molar-refractivity contribution >= 4 is 18.5 Å². The van der Waals surface area contributed by atoms with Gasteiger partial charge in [0.15, 0.2) is 0 Å². The molecule has 2 aliphatic rings. The molecule has 2 fully saturated rings. The Morgan fingerprint density at radius 3 is 2.78 bits per heavy atom. The number of thiol groups is 1. The lowest BCUT2D eigenvalue weighted by molar-refractivity contribution is 0.0934. The van der Waals surface area contributed by atoms with Gasteiger partial charge in [-0.3, -0.25) is 9.69 Å². The Balaban J connectivity index is 1.60. The molecule has 1 heterocycles. The molecule has 1 N–H and O–H groups in total. The van der Waals surface area contributed by atoms with Crippen molar-refractivity contribution in [1.82, 2.24) is 10.2 Å². The van der Waals surface area contributed by atoms with Crippen molar-refractivity contribution in [1.29, 1.82) is 0 Å². The highest BCUT2D eigenvalue weighted by atomic mass is 32.1. The van der Waals surface area contributed by atoms with E-state index in [1.807, 2.05) is 24.3 Å². The molecule has 0 aromatic heterocycles. The molecule has 1 aliphatic carbocycles. The van der Waals surface area contributed by atoms with Crippen molar-refractivity contribution < 1.29 is 4.79 Å². The van der Waals surface area contributed by atoms with E-state index in [4.69, 9.17) is 0 Å².